The zero-order valence-corrected chi connectivity index (χ0v) is 12.3. The maximum atomic E-state index is 12.2. The lowest BCUT2D eigenvalue weighted by molar-refractivity contribution is -0.130. The highest BCUT2D eigenvalue weighted by atomic mass is 16.2. The molecule has 5 nitrogen and oxygen atoms in total. The minimum absolute atomic E-state index is 0.00688. The molecule has 2 atom stereocenters. The molecule has 0 aromatic heterocycles. The summed E-state index contributed by atoms with van der Waals surface area (Å²) < 4.78 is 0. The maximum Gasteiger partial charge on any atom is 0.317 e. The lowest BCUT2D eigenvalue weighted by atomic mass is 10.0. The van der Waals surface area contributed by atoms with Gasteiger partial charge >= 0.3 is 6.03 Å². The molecule has 0 saturated carbocycles. The molecule has 2 aliphatic rings. The molecule has 1 aromatic carbocycles. The van der Waals surface area contributed by atoms with Gasteiger partial charge in [-0.15, -0.1) is 0 Å². The molecule has 112 valence electrons. The predicted octanol–water partition coefficient (Wildman–Crippen LogP) is 1.31. The van der Waals surface area contributed by atoms with E-state index in [1.165, 1.54) is 0 Å². The molecule has 3 rings (SSSR count). The van der Waals surface area contributed by atoms with Crippen molar-refractivity contribution in [2.24, 2.45) is 11.8 Å². The van der Waals surface area contributed by atoms with Gasteiger partial charge in [-0.05, 0) is 12.5 Å². The van der Waals surface area contributed by atoms with E-state index in [1.807, 2.05) is 42.2 Å². The van der Waals surface area contributed by atoms with Crippen LogP contribution < -0.4 is 5.32 Å². The summed E-state index contributed by atoms with van der Waals surface area (Å²) in [5.41, 5.74) is 1.08. The molecule has 3 amide bonds. The smallest absolute Gasteiger partial charge is 0.317 e. The van der Waals surface area contributed by atoms with Crippen LogP contribution in [0.1, 0.15) is 12.5 Å². The van der Waals surface area contributed by atoms with Gasteiger partial charge in [-0.1, -0.05) is 30.3 Å². The Morgan fingerprint density at radius 2 is 2.00 bits per heavy atom. The van der Waals surface area contributed by atoms with Gasteiger partial charge in [0.25, 0.3) is 0 Å². The lowest BCUT2D eigenvalue weighted by Gasteiger charge is -2.21. The minimum atomic E-state index is -0.0656. The first-order valence-electron chi connectivity index (χ1n) is 7.54. The van der Waals surface area contributed by atoms with Crippen LogP contribution in [0.25, 0.3) is 0 Å². The molecule has 1 N–H and O–H groups in total. The van der Waals surface area contributed by atoms with Gasteiger partial charge in [0.05, 0.1) is 5.92 Å². The van der Waals surface area contributed by atoms with Crippen LogP contribution in [-0.4, -0.2) is 47.9 Å². The van der Waals surface area contributed by atoms with Crippen molar-refractivity contribution in [1.29, 1.82) is 0 Å². The number of hydrogen-bond acceptors (Lipinski definition) is 2. The Hall–Kier alpha value is -2.04. The summed E-state index contributed by atoms with van der Waals surface area (Å²) in [5.74, 6) is 0.521. The maximum absolute atomic E-state index is 12.2. The molecule has 2 heterocycles. The Morgan fingerprint density at radius 3 is 2.67 bits per heavy atom. The van der Waals surface area contributed by atoms with Crippen LogP contribution in [0.15, 0.2) is 30.3 Å². The number of carbonyl (C=O) groups is 2. The van der Waals surface area contributed by atoms with Gasteiger partial charge in [0.1, 0.15) is 0 Å². The fourth-order valence-corrected chi connectivity index (χ4v) is 3.28. The van der Waals surface area contributed by atoms with E-state index in [2.05, 4.69) is 5.32 Å². The topological polar surface area (TPSA) is 52.6 Å². The fourth-order valence-electron chi connectivity index (χ4n) is 3.28. The summed E-state index contributed by atoms with van der Waals surface area (Å²) in [7, 11) is 0. The number of likely N-dealkylation sites (tertiary alicyclic amines) is 2. The summed E-state index contributed by atoms with van der Waals surface area (Å²) in [4.78, 5) is 28.0. The van der Waals surface area contributed by atoms with Crippen LogP contribution in [0.4, 0.5) is 4.79 Å². The van der Waals surface area contributed by atoms with Crippen LogP contribution in [0, 0.1) is 11.8 Å². The summed E-state index contributed by atoms with van der Waals surface area (Å²) in [6, 6.07) is 9.78. The zero-order valence-electron chi connectivity index (χ0n) is 12.3. The molecule has 0 bridgehead atoms. The molecule has 2 saturated heterocycles. The number of carbonyl (C=O) groups excluding carboxylic acids is 2. The average molecular weight is 287 g/mol. The Morgan fingerprint density at radius 1 is 1.24 bits per heavy atom. The van der Waals surface area contributed by atoms with Crippen LogP contribution in [0.3, 0.4) is 0 Å². The van der Waals surface area contributed by atoms with Gasteiger partial charge in [-0.25, -0.2) is 4.79 Å². The summed E-state index contributed by atoms with van der Waals surface area (Å²) in [6.07, 6.45) is 0. The third kappa shape index (κ3) is 2.73. The van der Waals surface area contributed by atoms with Crippen LogP contribution in [0.5, 0.6) is 0 Å². The van der Waals surface area contributed by atoms with Gasteiger partial charge in [0.2, 0.25) is 5.91 Å². The average Bonchev–Trinajstić information content (AvgIpc) is 3.05. The molecule has 5 heteroatoms. The standard InChI is InChI=1S/C16H21N3O2/c1-2-18-9-13-10-19(11-14(13)15(18)20)16(21)17-8-12-6-4-3-5-7-12/h3-7,13-14H,2,8-11H2,1H3,(H,17,21)/t13-,14+/m1/s1. The largest absolute Gasteiger partial charge is 0.342 e. The van der Waals surface area contributed by atoms with Crippen molar-refractivity contribution in [2.75, 3.05) is 26.2 Å². The Kier molecular flexibility index (Phi) is 3.82. The molecule has 1 aromatic rings. The predicted molar refractivity (Wildman–Crippen MR) is 79.5 cm³/mol. The van der Waals surface area contributed by atoms with Crippen LogP contribution in [-0.2, 0) is 11.3 Å². The SMILES string of the molecule is CCN1C[C@@H]2CN(C(=O)NCc3ccccc3)C[C@@H]2C1=O. The first kappa shape index (κ1) is 13.9. The van der Waals surface area contributed by atoms with Gasteiger partial charge in [0.15, 0.2) is 0 Å². The highest BCUT2D eigenvalue weighted by molar-refractivity contribution is 5.84. The fraction of sp³-hybridized carbons (Fsp3) is 0.500. The van der Waals surface area contributed by atoms with E-state index in [0.717, 1.165) is 18.7 Å². The third-order valence-corrected chi connectivity index (χ3v) is 4.48. The van der Waals surface area contributed by atoms with Crippen molar-refractivity contribution in [3.05, 3.63) is 35.9 Å². The first-order chi connectivity index (χ1) is 10.2. The van der Waals surface area contributed by atoms with Crippen molar-refractivity contribution in [1.82, 2.24) is 15.1 Å². The number of fused-ring (bicyclic) bond motifs is 1. The molecule has 0 spiro atoms. The zero-order chi connectivity index (χ0) is 14.8. The van der Waals surface area contributed by atoms with Crippen molar-refractivity contribution in [2.45, 2.75) is 13.5 Å². The van der Waals surface area contributed by atoms with E-state index in [9.17, 15) is 9.59 Å². The van der Waals surface area contributed by atoms with Gasteiger partial charge in [0, 0.05) is 38.6 Å². The Labute approximate surface area is 124 Å². The summed E-state index contributed by atoms with van der Waals surface area (Å²) in [6.45, 7) is 5.34. The van der Waals surface area contributed by atoms with Gasteiger partial charge in [-0.3, -0.25) is 4.79 Å². The molecule has 2 fully saturated rings. The molecule has 0 unspecified atom stereocenters. The lowest BCUT2D eigenvalue weighted by Crippen LogP contribution is -2.41. The number of hydrogen-bond donors (Lipinski definition) is 1. The molecule has 21 heavy (non-hydrogen) atoms. The van der Waals surface area contributed by atoms with E-state index >= 15 is 0 Å². The first-order valence-corrected chi connectivity index (χ1v) is 7.54. The van der Waals surface area contributed by atoms with Crippen molar-refractivity contribution >= 4 is 11.9 Å². The van der Waals surface area contributed by atoms with Gasteiger partial charge < -0.3 is 15.1 Å². The van der Waals surface area contributed by atoms with Crippen molar-refractivity contribution in [3.63, 3.8) is 0 Å². The highest BCUT2D eigenvalue weighted by Gasteiger charge is 2.46. The number of urea groups is 1. The number of nitrogens with zero attached hydrogens (tertiary/aromatic N) is 2. The van der Waals surface area contributed by atoms with Crippen LogP contribution in [0.2, 0.25) is 0 Å². The van der Waals surface area contributed by atoms with Gasteiger partial charge in [-0.2, -0.15) is 0 Å². The summed E-state index contributed by atoms with van der Waals surface area (Å²) >= 11 is 0. The second-order valence-electron chi connectivity index (χ2n) is 5.79. The van der Waals surface area contributed by atoms with E-state index in [-0.39, 0.29) is 17.9 Å². The quantitative estimate of drug-likeness (QED) is 0.911. The van der Waals surface area contributed by atoms with E-state index in [1.54, 1.807) is 4.90 Å². The Balaban J connectivity index is 1.53. The highest BCUT2D eigenvalue weighted by Crippen LogP contribution is 2.31. The van der Waals surface area contributed by atoms with E-state index < -0.39 is 0 Å². The number of benzene rings is 1. The van der Waals surface area contributed by atoms with Crippen LogP contribution >= 0.6 is 0 Å². The minimum Gasteiger partial charge on any atom is -0.342 e. The normalized spacial score (nSPS) is 24.3. The van der Waals surface area contributed by atoms with E-state index in [0.29, 0.717) is 25.6 Å². The Bertz CT molecular complexity index is 532. The molecule has 2 aliphatic heterocycles. The second-order valence-corrected chi connectivity index (χ2v) is 5.79. The van der Waals surface area contributed by atoms with Crippen molar-refractivity contribution in [3.8, 4) is 0 Å². The molecular formula is C16H21N3O2. The molecule has 0 aliphatic carbocycles. The number of rotatable bonds is 3. The monoisotopic (exact) mass is 287 g/mol. The number of nitrogens with one attached hydrogen (secondary N) is 1. The second kappa shape index (κ2) is 5.76. The third-order valence-electron chi connectivity index (χ3n) is 4.48. The van der Waals surface area contributed by atoms with Crippen molar-refractivity contribution < 1.29 is 9.59 Å². The number of amides is 3. The van der Waals surface area contributed by atoms with E-state index in [4.69, 9.17) is 0 Å². The molecule has 0 radical (unpaired) electrons. The molecular weight excluding hydrogens is 266 g/mol. The summed E-state index contributed by atoms with van der Waals surface area (Å²) in [5, 5.41) is 2.93.